The molecular formula is C9H11N2P. The van der Waals surface area contributed by atoms with Crippen LogP contribution in [0.3, 0.4) is 0 Å². The van der Waals surface area contributed by atoms with Gasteiger partial charge in [-0.05, 0) is 25.0 Å². The van der Waals surface area contributed by atoms with Crippen molar-refractivity contribution in [3.05, 3.63) is 23.3 Å². The molecule has 1 unspecified atom stereocenters. The maximum atomic E-state index is 4.14. The van der Waals surface area contributed by atoms with Gasteiger partial charge in [0, 0.05) is 5.39 Å². The Bertz CT molecular complexity index is 431. The highest BCUT2D eigenvalue weighted by Gasteiger charge is 2.04. The van der Waals surface area contributed by atoms with E-state index in [0.29, 0.717) is 0 Å². The Labute approximate surface area is 73.6 Å². The van der Waals surface area contributed by atoms with E-state index in [4.69, 9.17) is 0 Å². The fourth-order valence-corrected chi connectivity index (χ4v) is 1.65. The molecule has 0 aliphatic carbocycles. The lowest BCUT2D eigenvalue weighted by molar-refractivity contribution is 1.14. The van der Waals surface area contributed by atoms with Crippen LogP contribution < -0.4 is 5.44 Å². The van der Waals surface area contributed by atoms with Crippen LogP contribution in [0, 0.1) is 13.8 Å². The molecule has 0 saturated heterocycles. The van der Waals surface area contributed by atoms with Crippen molar-refractivity contribution >= 4 is 25.6 Å². The Kier molecular flexibility index (Phi) is 1.66. The van der Waals surface area contributed by atoms with Crippen LogP contribution in [0.25, 0.3) is 10.9 Å². The zero-order valence-electron chi connectivity index (χ0n) is 7.18. The molecular weight excluding hydrogens is 167 g/mol. The van der Waals surface area contributed by atoms with Gasteiger partial charge in [0.2, 0.25) is 0 Å². The number of aromatic amines is 1. The fourth-order valence-electron chi connectivity index (χ4n) is 1.35. The summed E-state index contributed by atoms with van der Waals surface area (Å²) in [5, 5.41) is 8.36. The fraction of sp³-hybridized carbons (Fsp3) is 0.222. The molecule has 0 radical (unpaired) electrons. The molecule has 3 heteroatoms. The van der Waals surface area contributed by atoms with Crippen molar-refractivity contribution in [3.63, 3.8) is 0 Å². The predicted octanol–water partition coefficient (Wildman–Crippen LogP) is 1.68. The van der Waals surface area contributed by atoms with E-state index in [-0.39, 0.29) is 0 Å². The smallest absolute Gasteiger partial charge is 0.0864 e. The molecule has 1 heterocycles. The van der Waals surface area contributed by atoms with Gasteiger partial charge >= 0.3 is 0 Å². The molecule has 1 N–H and O–H groups in total. The Morgan fingerprint density at radius 2 is 2.08 bits per heavy atom. The first-order valence-electron chi connectivity index (χ1n) is 3.90. The van der Waals surface area contributed by atoms with Gasteiger partial charge in [-0.3, -0.25) is 5.10 Å². The Morgan fingerprint density at radius 3 is 2.83 bits per heavy atom. The number of nitrogens with zero attached hydrogens (tertiary/aromatic N) is 1. The first-order chi connectivity index (χ1) is 5.70. The highest BCUT2D eigenvalue weighted by Crippen LogP contribution is 2.18. The molecule has 2 aromatic rings. The molecule has 1 atom stereocenters. The van der Waals surface area contributed by atoms with Gasteiger partial charge < -0.3 is 0 Å². The number of aromatic nitrogens is 2. The third kappa shape index (κ3) is 0.953. The van der Waals surface area contributed by atoms with Crippen LogP contribution in [-0.2, 0) is 0 Å². The maximum Gasteiger partial charge on any atom is 0.0864 e. The number of hydrogen-bond donors (Lipinski definition) is 1. The van der Waals surface area contributed by atoms with E-state index in [1.54, 1.807) is 0 Å². The summed E-state index contributed by atoms with van der Waals surface area (Å²) in [7, 11) is 2.63. The molecule has 1 aromatic carbocycles. The first-order valence-corrected chi connectivity index (χ1v) is 4.47. The zero-order valence-corrected chi connectivity index (χ0v) is 8.33. The molecule has 0 saturated carbocycles. The van der Waals surface area contributed by atoms with Crippen molar-refractivity contribution in [2.24, 2.45) is 0 Å². The summed E-state index contributed by atoms with van der Waals surface area (Å²) in [4.78, 5) is 0. The van der Waals surface area contributed by atoms with Crippen molar-refractivity contribution in [2.75, 3.05) is 0 Å². The third-order valence-electron chi connectivity index (χ3n) is 2.30. The number of nitrogens with one attached hydrogen (secondary N) is 1. The summed E-state index contributed by atoms with van der Waals surface area (Å²) >= 11 is 0. The summed E-state index contributed by atoms with van der Waals surface area (Å²) in [6.45, 7) is 4.22. The molecule has 1 aromatic heterocycles. The van der Waals surface area contributed by atoms with Gasteiger partial charge in [0.05, 0.1) is 11.0 Å². The van der Waals surface area contributed by atoms with E-state index in [9.17, 15) is 0 Å². The van der Waals surface area contributed by atoms with Crippen molar-refractivity contribution in [1.82, 2.24) is 10.2 Å². The third-order valence-corrected chi connectivity index (χ3v) is 2.74. The summed E-state index contributed by atoms with van der Waals surface area (Å²) in [6.07, 6.45) is 0. The Hall–Kier alpha value is -0.880. The summed E-state index contributed by atoms with van der Waals surface area (Å²) in [6, 6.07) is 4.23. The van der Waals surface area contributed by atoms with Gasteiger partial charge in [-0.25, -0.2) is 0 Å². The van der Waals surface area contributed by atoms with Crippen LogP contribution in [0.4, 0.5) is 0 Å². The molecule has 0 amide bonds. The summed E-state index contributed by atoms with van der Waals surface area (Å²) < 4.78 is 0. The number of H-pyrrole nitrogens is 1. The second-order valence-electron chi connectivity index (χ2n) is 3.04. The lowest BCUT2D eigenvalue weighted by Gasteiger charge is -1.99. The van der Waals surface area contributed by atoms with Crippen LogP contribution in [-0.4, -0.2) is 10.2 Å². The molecule has 2 rings (SSSR count). The largest absolute Gasteiger partial charge is 0.277 e. The molecule has 2 nitrogen and oxygen atoms in total. The zero-order chi connectivity index (χ0) is 8.72. The molecule has 0 fully saturated rings. The van der Waals surface area contributed by atoms with Gasteiger partial charge in [0.15, 0.2) is 0 Å². The second kappa shape index (κ2) is 2.56. The average Bonchev–Trinajstić information content (AvgIpc) is 2.41. The van der Waals surface area contributed by atoms with Gasteiger partial charge in [0.1, 0.15) is 0 Å². The van der Waals surface area contributed by atoms with E-state index in [1.807, 2.05) is 0 Å². The molecule has 62 valence electrons. The minimum atomic E-state index is 0.994. The molecule has 12 heavy (non-hydrogen) atoms. The van der Waals surface area contributed by atoms with E-state index >= 15 is 0 Å². The Balaban J connectivity index is 2.93. The normalized spacial score (nSPS) is 10.9. The van der Waals surface area contributed by atoms with Gasteiger partial charge in [-0.2, -0.15) is 5.10 Å². The number of hydrogen-bond acceptors (Lipinski definition) is 1. The lowest BCUT2D eigenvalue weighted by atomic mass is 10.1. The van der Waals surface area contributed by atoms with Crippen molar-refractivity contribution in [1.29, 1.82) is 0 Å². The van der Waals surface area contributed by atoms with Crippen LogP contribution in [0.5, 0.6) is 0 Å². The maximum absolute atomic E-state index is 4.14. The number of aryl methyl sites for hydroxylation is 2. The minimum absolute atomic E-state index is 0.994. The standard InChI is InChI=1S/C9H11N2P/c1-5-3-4-7-8(6(5)2)10-11-9(7)12/h3-4H,12H2,1-2H3,(H,10,11). The van der Waals surface area contributed by atoms with E-state index in [2.05, 4.69) is 45.4 Å². The van der Waals surface area contributed by atoms with Crippen LogP contribution in [0.2, 0.25) is 0 Å². The quantitative estimate of drug-likeness (QED) is 0.611. The lowest BCUT2D eigenvalue weighted by Crippen LogP contribution is -1.89. The summed E-state index contributed by atoms with van der Waals surface area (Å²) in [5.41, 5.74) is 4.73. The first kappa shape index (κ1) is 7.75. The van der Waals surface area contributed by atoms with Gasteiger partial charge in [0.25, 0.3) is 0 Å². The monoisotopic (exact) mass is 178 g/mol. The number of rotatable bonds is 0. The van der Waals surface area contributed by atoms with Crippen LogP contribution in [0.15, 0.2) is 12.1 Å². The van der Waals surface area contributed by atoms with E-state index in [0.717, 1.165) is 11.0 Å². The van der Waals surface area contributed by atoms with E-state index < -0.39 is 0 Å². The van der Waals surface area contributed by atoms with Gasteiger partial charge in [-0.15, -0.1) is 0 Å². The van der Waals surface area contributed by atoms with Crippen molar-refractivity contribution in [2.45, 2.75) is 13.8 Å². The van der Waals surface area contributed by atoms with Crippen molar-refractivity contribution < 1.29 is 0 Å². The van der Waals surface area contributed by atoms with Crippen LogP contribution >= 0.6 is 9.24 Å². The molecule has 0 spiro atoms. The van der Waals surface area contributed by atoms with Gasteiger partial charge in [-0.1, -0.05) is 21.4 Å². The molecule has 0 bridgehead atoms. The second-order valence-corrected chi connectivity index (χ2v) is 3.59. The SMILES string of the molecule is Cc1ccc2c(P)n[nH]c2c1C. The number of benzene rings is 1. The average molecular weight is 178 g/mol. The minimum Gasteiger partial charge on any atom is -0.277 e. The highest BCUT2D eigenvalue weighted by molar-refractivity contribution is 7.27. The van der Waals surface area contributed by atoms with E-state index in [1.165, 1.54) is 16.5 Å². The van der Waals surface area contributed by atoms with Crippen LogP contribution in [0.1, 0.15) is 11.1 Å². The van der Waals surface area contributed by atoms with Crippen molar-refractivity contribution in [3.8, 4) is 0 Å². The summed E-state index contributed by atoms with van der Waals surface area (Å²) in [5.74, 6) is 0. The topological polar surface area (TPSA) is 28.7 Å². The predicted molar refractivity (Wildman–Crippen MR) is 54.9 cm³/mol. The molecule has 0 aliphatic rings. The Morgan fingerprint density at radius 1 is 1.33 bits per heavy atom. The molecule has 0 aliphatic heterocycles. The highest BCUT2D eigenvalue weighted by atomic mass is 31.0. The number of fused-ring (bicyclic) bond motifs is 1.